The monoisotopic (exact) mass is 748 g/mol. The van der Waals surface area contributed by atoms with Crippen LogP contribution in [0.1, 0.15) is 109 Å². The van der Waals surface area contributed by atoms with Gasteiger partial charge in [0.15, 0.2) is 0 Å². The normalized spacial score (nSPS) is 22.7. The Morgan fingerprint density at radius 2 is 1.45 bits per heavy atom. The Balaban J connectivity index is 0.970. The second-order valence-corrected chi connectivity index (χ2v) is 17.5. The summed E-state index contributed by atoms with van der Waals surface area (Å²) in [4.78, 5) is 46.0. The number of nitrogens with zero attached hydrogens (tertiary/aromatic N) is 4. The number of likely N-dealkylation sites (tertiary alicyclic amines) is 2. The number of hydrogen-bond donors (Lipinski definition) is 2. The zero-order chi connectivity index (χ0) is 38.6. The quantitative estimate of drug-likeness (QED) is 0.189. The van der Waals surface area contributed by atoms with Crippen molar-refractivity contribution in [3.8, 4) is 33.5 Å². The highest BCUT2D eigenvalue weighted by molar-refractivity contribution is 5.87. The van der Waals surface area contributed by atoms with Gasteiger partial charge in [-0.15, -0.1) is 0 Å². The molecule has 2 N–H and O–H groups in total. The molecule has 0 radical (unpaired) electrons. The van der Waals surface area contributed by atoms with Gasteiger partial charge in [-0.05, 0) is 126 Å². The number of alkyl halides is 2. The van der Waals surface area contributed by atoms with Gasteiger partial charge in [-0.2, -0.15) is 8.78 Å². The van der Waals surface area contributed by atoms with E-state index in [-0.39, 0.29) is 41.4 Å². The number of aromatic amines is 2. The molecule has 2 saturated heterocycles. The molecule has 4 aliphatic rings. The highest BCUT2D eigenvalue weighted by Gasteiger charge is 2.51. The van der Waals surface area contributed by atoms with E-state index in [0.717, 1.165) is 54.5 Å². The molecule has 3 aromatic carbocycles. The van der Waals surface area contributed by atoms with Crippen LogP contribution in [-0.4, -0.2) is 65.7 Å². The molecule has 2 bridgehead atoms. The summed E-state index contributed by atoms with van der Waals surface area (Å²) in [6, 6.07) is 15.8. The number of fused-ring (bicyclic) bond motifs is 6. The second-order valence-electron chi connectivity index (χ2n) is 17.5. The molecule has 4 unspecified atom stereocenters. The topological polar surface area (TPSA) is 116 Å². The molecule has 2 aliphatic carbocycles. The maximum Gasteiger partial charge on any atom is 0.411 e. The first-order valence-electron chi connectivity index (χ1n) is 19.3. The number of halogens is 2. The van der Waals surface area contributed by atoms with Gasteiger partial charge in [0.25, 0.3) is 5.92 Å². The van der Waals surface area contributed by atoms with Crippen LogP contribution in [-0.2, 0) is 15.4 Å². The van der Waals surface area contributed by atoms with Crippen molar-refractivity contribution in [2.24, 2.45) is 5.92 Å². The van der Waals surface area contributed by atoms with Gasteiger partial charge in [-0.25, -0.2) is 19.6 Å². The number of imidazole rings is 2. The van der Waals surface area contributed by atoms with Crippen LogP contribution in [0.15, 0.2) is 60.8 Å². The van der Waals surface area contributed by atoms with Crippen LogP contribution < -0.4 is 0 Å². The van der Waals surface area contributed by atoms with E-state index in [1.54, 1.807) is 35.4 Å². The number of carbonyl (C=O) groups excluding carboxylic acids is 2. The van der Waals surface area contributed by atoms with Crippen LogP contribution in [0.4, 0.5) is 18.4 Å². The van der Waals surface area contributed by atoms with Crippen LogP contribution in [0.25, 0.3) is 44.5 Å². The van der Waals surface area contributed by atoms with E-state index in [0.29, 0.717) is 46.2 Å². The van der Waals surface area contributed by atoms with Crippen molar-refractivity contribution < 1.29 is 27.8 Å². The van der Waals surface area contributed by atoms with Crippen molar-refractivity contribution in [3.63, 3.8) is 0 Å². The number of ether oxygens (including phenoxy) is 2. The van der Waals surface area contributed by atoms with Crippen LogP contribution in [0, 0.1) is 5.92 Å². The minimum absolute atomic E-state index is 0.0400. The van der Waals surface area contributed by atoms with E-state index in [4.69, 9.17) is 14.5 Å². The fourth-order valence-corrected chi connectivity index (χ4v) is 9.08. The average Bonchev–Trinajstić information content (AvgIpc) is 3.97. The van der Waals surface area contributed by atoms with Crippen LogP contribution >= 0.6 is 0 Å². The lowest BCUT2D eigenvalue weighted by atomic mass is 9.98. The number of hydrogen-bond acceptors (Lipinski definition) is 6. The third-order valence-corrected chi connectivity index (χ3v) is 11.4. The minimum atomic E-state index is -3.23. The summed E-state index contributed by atoms with van der Waals surface area (Å²) < 4.78 is 44.2. The summed E-state index contributed by atoms with van der Waals surface area (Å²) >= 11 is 0. The number of rotatable bonds is 4. The van der Waals surface area contributed by atoms with Crippen molar-refractivity contribution in [2.75, 3.05) is 6.54 Å². The molecule has 3 fully saturated rings. The Kier molecular flexibility index (Phi) is 7.98. The Morgan fingerprint density at radius 3 is 2.18 bits per heavy atom. The van der Waals surface area contributed by atoms with Crippen molar-refractivity contribution in [2.45, 2.75) is 109 Å². The standard InChI is InChI=1S/C43H46F2N6O4/c1-41(2,3)54-39(52)50-17-7-8-35(50)37-46-22-34(49-37)25-11-15-29-28-14-10-23(19-30(28)43(44,45)31(29)20-25)24-12-16-32-33(21-24)48-38(47-32)36-26-9-13-27(18-26)51(36)40(53)55-42(4,5)6/h10-12,14-16,19-22,26-27,35-36H,7-9,13,17-18H2,1-6H3,(H,46,49)(H,47,48). The lowest BCUT2D eigenvalue weighted by molar-refractivity contribution is 0.00615. The van der Waals surface area contributed by atoms with Crippen LogP contribution in [0.2, 0.25) is 0 Å². The fourth-order valence-electron chi connectivity index (χ4n) is 9.08. The highest BCUT2D eigenvalue weighted by Crippen LogP contribution is 2.53. The molecule has 4 atom stereocenters. The van der Waals surface area contributed by atoms with Gasteiger partial charge < -0.3 is 19.4 Å². The van der Waals surface area contributed by atoms with E-state index in [1.165, 1.54) is 0 Å². The molecular formula is C43H46F2N6O4. The van der Waals surface area contributed by atoms with Crippen molar-refractivity contribution >= 4 is 23.2 Å². The van der Waals surface area contributed by atoms with Crippen molar-refractivity contribution in [1.82, 2.24) is 29.7 Å². The first kappa shape index (κ1) is 35.4. The third-order valence-electron chi connectivity index (χ3n) is 11.4. The van der Waals surface area contributed by atoms with Gasteiger partial charge in [0.1, 0.15) is 22.9 Å². The van der Waals surface area contributed by atoms with E-state index in [9.17, 15) is 9.59 Å². The number of carbonyl (C=O) groups is 2. The molecule has 2 amide bonds. The lowest BCUT2D eigenvalue weighted by Crippen LogP contribution is -2.43. The summed E-state index contributed by atoms with van der Waals surface area (Å²) in [6.45, 7) is 11.7. The van der Waals surface area contributed by atoms with E-state index in [1.807, 2.05) is 76.8 Å². The SMILES string of the molecule is CC(C)(C)OC(=O)N1CCCC1c1ncc(-c2ccc3c(c2)C(F)(F)c2cc(-c4ccc5nc(C6C7CCC(C7)N6C(=O)OC(C)(C)C)[nH]c5c4)ccc2-3)[nH]1. The molecule has 5 aromatic rings. The Morgan fingerprint density at radius 1 is 0.800 bits per heavy atom. The maximum atomic E-state index is 16.4. The Labute approximate surface area is 318 Å². The molecule has 4 heterocycles. The van der Waals surface area contributed by atoms with Gasteiger partial charge in [0.2, 0.25) is 0 Å². The molecule has 2 aliphatic heterocycles. The molecule has 10 nitrogen and oxygen atoms in total. The third kappa shape index (κ3) is 6.14. The zero-order valence-electron chi connectivity index (χ0n) is 32.0. The summed E-state index contributed by atoms with van der Waals surface area (Å²) in [7, 11) is 0. The molecule has 55 heavy (non-hydrogen) atoms. The predicted molar refractivity (Wildman–Crippen MR) is 204 cm³/mol. The number of benzene rings is 3. The van der Waals surface area contributed by atoms with Gasteiger partial charge in [0.05, 0.1) is 35.0 Å². The Hall–Kier alpha value is -5.26. The smallest absolute Gasteiger partial charge is 0.411 e. The molecular weight excluding hydrogens is 703 g/mol. The number of aromatic nitrogens is 4. The van der Waals surface area contributed by atoms with Gasteiger partial charge >= 0.3 is 12.2 Å². The molecule has 0 spiro atoms. The first-order valence-corrected chi connectivity index (χ1v) is 19.3. The lowest BCUT2D eigenvalue weighted by Gasteiger charge is -2.35. The average molecular weight is 749 g/mol. The molecule has 286 valence electrons. The van der Waals surface area contributed by atoms with E-state index in [2.05, 4.69) is 15.0 Å². The summed E-state index contributed by atoms with van der Waals surface area (Å²) in [5.74, 6) is -1.59. The van der Waals surface area contributed by atoms with Crippen molar-refractivity contribution in [3.05, 3.63) is 83.6 Å². The fraction of sp³-hybridized carbons (Fsp3) is 0.442. The van der Waals surface area contributed by atoms with Gasteiger partial charge in [-0.1, -0.05) is 30.3 Å². The van der Waals surface area contributed by atoms with E-state index < -0.39 is 17.1 Å². The number of piperidine rings is 1. The number of H-pyrrole nitrogens is 2. The molecule has 9 rings (SSSR count). The summed E-state index contributed by atoms with van der Waals surface area (Å²) in [6.07, 6.45) is 5.40. The predicted octanol–water partition coefficient (Wildman–Crippen LogP) is 10.3. The van der Waals surface area contributed by atoms with Crippen LogP contribution in [0.5, 0.6) is 0 Å². The molecule has 12 heteroatoms. The van der Waals surface area contributed by atoms with Crippen molar-refractivity contribution in [1.29, 1.82) is 0 Å². The Bertz CT molecular complexity index is 2350. The first-order chi connectivity index (χ1) is 26.0. The van der Waals surface area contributed by atoms with Crippen LogP contribution in [0.3, 0.4) is 0 Å². The zero-order valence-corrected chi connectivity index (χ0v) is 32.0. The molecule has 2 aromatic heterocycles. The van der Waals surface area contributed by atoms with E-state index >= 15 is 8.78 Å². The number of nitrogens with one attached hydrogen (secondary N) is 2. The summed E-state index contributed by atoms with van der Waals surface area (Å²) in [5, 5.41) is 0. The summed E-state index contributed by atoms with van der Waals surface area (Å²) in [5.41, 5.74) is 3.87. The highest BCUT2D eigenvalue weighted by atomic mass is 19.3. The molecule has 1 saturated carbocycles. The minimum Gasteiger partial charge on any atom is -0.444 e. The largest absolute Gasteiger partial charge is 0.444 e. The van der Waals surface area contributed by atoms with Gasteiger partial charge in [-0.3, -0.25) is 9.80 Å². The number of amides is 2. The second kappa shape index (κ2) is 12.4. The maximum absolute atomic E-state index is 16.4. The van der Waals surface area contributed by atoms with Gasteiger partial charge in [0, 0.05) is 29.3 Å².